The summed E-state index contributed by atoms with van der Waals surface area (Å²) in [4.78, 5) is 24.2. The van der Waals surface area contributed by atoms with Crippen LogP contribution >= 0.6 is 11.3 Å². The van der Waals surface area contributed by atoms with Gasteiger partial charge >= 0.3 is 11.8 Å². The highest BCUT2D eigenvalue weighted by molar-refractivity contribution is 7.09. The lowest BCUT2D eigenvalue weighted by molar-refractivity contribution is -0.139. The van der Waals surface area contributed by atoms with Crippen LogP contribution in [0.15, 0.2) is 35.8 Å². The Kier molecular flexibility index (Phi) is 5.74. The van der Waals surface area contributed by atoms with E-state index in [4.69, 9.17) is 0 Å². The first-order chi connectivity index (χ1) is 10.6. The second-order valence-electron chi connectivity index (χ2n) is 4.87. The molecule has 118 valence electrons. The molecule has 0 fully saturated rings. The molecule has 0 aliphatic heterocycles. The summed E-state index contributed by atoms with van der Waals surface area (Å²) in [5.41, 5.74) is 0.774. The average molecular weight is 321 g/mol. The lowest BCUT2D eigenvalue weighted by atomic mass is 10.2. The summed E-state index contributed by atoms with van der Waals surface area (Å²) in [6, 6.07) is 7.44. The van der Waals surface area contributed by atoms with E-state index in [1.165, 1.54) is 11.3 Å². The van der Waals surface area contributed by atoms with Crippen molar-refractivity contribution >= 4 is 23.2 Å². The lowest BCUT2D eigenvalue weighted by Gasteiger charge is -2.12. The number of nitrogens with one attached hydrogen (secondary N) is 2. The fourth-order valence-electron chi connectivity index (χ4n) is 2.03. The maximum atomic E-state index is 11.6. The van der Waals surface area contributed by atoms with Crippen molar-refractivity contribution in [3.63, 3.8) is 0 Å². The SMILES string of the molecule is Cn1cccc1C(O)CCNC(=O)C(=O)NCc1cccs1. The summed E-state index contributed by atoms with van der Waals surface area (Å²) < 4.78 is 1.82. The van der Waals surface area contributed by atoms with Gasteiger partial charge in [-0.25, -0.2) is 0 Å². The first-order valence-electron chi connectivity index (χ1n) is 6.95. The molecule has 0 saturated heterocycles. The molecular formula is C15H19N3O3S. The third kappa shape index (κ3) is 4.44. The van der Waals surface area contributed by atoms with E-state index in [9.17, 15) is 14.7 Å². The summed E-state index contributed by atoms with van der Waals surface area (Å²) in [7, 11) is 1.84. The number of nitrogens with zero attached hydrogens (tertiary/aromatic N) is 1. The van der Waals surface area contributed by atoms with Gasteiger partial charge in [0.25, 0.3) is 0 Å². The third-order valence-electron chi connectivity index (χ3n) is 3.24. The second kappa shape index (κ2) is 7.77. The standard InChI is InChI=1S/C15H19N3O3S/c1-18-8-2-5-12(18)13(19)6-7-16-14(20)15(21)17-10-11-4-3-9-22-11/h2-5,8-9,13,19H,6-7,10H2,1H3,(H,16,20)(H,17,21). The Morgan fingerprint density at radius 2 is 2.05 bits per heavy atom. The Morgan fingerprint density at radius 3 is 2.68 bits per heavy atom. The van der Waals surface area contributed by atoms with Crippen molar-refractivity contribution in [3.8, 4) is 0 Å². The molecule has 3 N–H and O–H groups in total. The van der Waals surface area contributed by atoms with Gasteiger partial charge in [0.1, 0.15) is 0 Å². The van der Waals surface area contributed by atoms with Gasteiger partial charge in [-0.05, 0) is 30.0 Å². The van der Waals surface area contributed by atoms with Crippen molar-refractivity contribution in [2.75, 3.05) is 6.54 Å². The van der Waals surface area contributed by atoms with E-state index in [0.29, 0.717) is 13.0 Å². The molecule has 0 bridgehead atoms. The van der Waals surface area contributed by atoms with E-state index >= 15 is 0 Å². The minimum atomic E-state index is -0.685. The molecule has 2 heterocycles. The van der Waals surface area contributed by atoms with Crippen molar-refractivity contribution in [2.24, 2.45) is 7.05 Å². The monoisotopic (exact) mass is 321 g/mol. The van der Waals surface area contributed by atoms with Crippen LogP contribution in [0, 0.1) is 0 Å². The van der Waals surface area contributed by atoms with Gasteiger partial charge in [-0.2, -0.15) is 0 Å². The van der Waals surface area contributed by atoms with Crippen molar-refractivity contribution < 1.29 is 14.7 Å². The predicted molar refractivity (Wildman–Crippen MR) is 84.2 cm³/mol. The number of aromatic nitrogens is 1. The van der Waals surface area contributed by atoms with E-state index in [2.05, 4.69) is 10.6 Å². The Hall–Kier alpha value is -2.12. The zero-order valence-electron chi connectivity index (χ0n) is 12.3. The van der Waals surface area contributed by atoms with Gasteiger partial charge in [0.15, 0.2) is 0 Å². The summed E-state index contributed by atoms with van der Waals surface area (Å²) in [6.45, 7) is 0.577. The normalized spacial score (nSPS) is 11.9. The van der Waals surface area contributed by atoms with E-state index in [1.54, 1.807) is 0 Å². The van der Waals surface area contributed by atoms with Gasteiger partial charge in [0, 0.05) is 30.4 Å². The van der Waals surface area contributed by atoms with Crippen molar-refractivity contribution in [1.82, 2.24) is 15.2 Å². The Morgan fingerprint density at radius 1 is 1.27 bits per heavy atom. The van der Waals surface area contributed by atoms with Gasteiger partial charge < -0.3 is 20.3 Å². The number of hydrogen-bond donors (Lipinski definition) is 3. The number of aliphatic hydroxyl groups excluding tert-OH is 1. The van der Waals surface area contributed by atoms with Crippen LogP contribution in [-0.4, -0.2) is 28.0 Å². The summed E-state index contributed by atoms with van der Waals surface area (Å²) in [5.74, 6) is -1.35. The number of aryl methyl sites for hydroxylation is 1. The van der Waals surface area contributed by atoms with Crippen LogP contribution in [0.2, 0.25) is 0 Å². The molecule has 0 saturated carbocycles. The topological polar surface area (TPSA) is 83.4 Å². The molecule has 2 aromatic rings. The number of carbonyl (C=O) groups is 2. The lowest BCUT2D eigenvalue weighted by Crippen LogP contribution is -2.40. The molecule has 1 unspecified atom stereocenters. The molecule has 0 spiro atoms. The Labute approximate surface area is 132 Å². The first kappa shape index (κ1) is 16.3. The summed E-state index contributed by atoms with van der Waals surface area (Å²) in [6.07, 6.45) is 1.52. The van der Waals surface area contributed by atoms with Gasteiger partial charge in [0.05, 0.1) is 12.6 Å². The molecule has 6 nitrogen and oxygen atoms in total. The van der Waals surface area contributed by atoms with Crippen LogP contribution in [0.1, 0.15) is 23.1 Å². The third-order valence-corrected chi connectivity index (χ3v) is 4.11. The number of carbonyl (C=O) groups excluding carboxylic acids is 2. The molecule has 0 aromatic carbocycles. The largest absolute Gasteiger partial charge is 0.387 e. The van der Waals surface area contributed by atoms with Crippen molar-refractivity contribution in [2.45, 2.75) is 19.1 Å². The highest BCUT2D eigenvalue weighted by Gasteiger charge is 2.15. The Balaban J connectivity index is 1.68. The summed E-state index contributed by atoms with van der Waals surface area (Å²) in [5, 5.41) is 17.0. The molecule has 0 aliphatic carbocycles. The predicted octanol–water partition coefficient (Wildman–Crippen LogP) is 0.943. The van der Waals surface area contributed by atoms with E-state index in [-0.39, 0.29) is 6.54 Å². The zero-order chi connectivity index (χ0) is 15.9. The molecular weight excluding hydrogens is 302 g/mol. The second-order valence-corrected chi connectivity index (χ2v) is 5.90. The number of amides is 2. The maximum absolute atomic E-state index is 11.6. The van der Waals surface area contributed by atoms with Gasteiger partial charge in [-0.3, -0.25) is 9.59 Å². The van der Waals surface area contributed by atoms with Crippen LogP contribution in [0.3, 0.4) is 0 Å². The van der Waals surface area contributed by atoms with Gasteiger partial charge in [0.2, 0.25) is 0 Å². The maximum Gasteiger partial charge on any atom is 0.309 e. The summed E-state index contributed by atoms with van der Waals surface area (Å²) >= 11 is 1.52. The smallest absolute Gasteiger partial charge is 0.309 e. The van der Waals surface area contributed by atoms with Crippen LogP contribution in [0.4, 0.5) is 0 Å². The Bertz CT molecular complexity index is 622. The van der Waals surface area contributed by atoms with Crippen LogP contribution < -0.4 is 10.6 Å². The number of thiophene rings is 1. The number of aliphatic hydroxyl groups is 1. The van der Waals surface area contributed by atoms with Crippen LogP contribution in [-0.2, 0) is 23.2 Å². The fraction of sp³-hybridized carbons (Fsp3) is 0.333. The number of rotatable bonds is 6. The van der Waals surface area contributed by atoms with E-state index in [1.807, 2.05) is 47.5 Å². The highest BCUT2D eigenvalue weighted by atomic mass is 32.1. The van der Waals surface area contributed by atoms with E-state index < -0.39 is 17.9 Å². The molecule has 2 rings (SSSR count). The van der Waals surface area contributed by atoms with Crippen LogP contribution in [0.25, 0.3) is 0 Å². The van der Waals surface area contributed by atoms with Gasteiger partial charge in [-0.1, -0.05) is 6.07 Å². The zero-order valence-corrected chi connectivity index (χ0v) is 13.1. The highest BCUT2D eigenvalue weighted by Crippen LogP contribution is 2.15. The van der Waals surface area contributed by atoms with Crippen LogP contribution in [0.5, 0.6) is 0 Å². The fourth-order valence-corrected chi connectivity index (χ4v) is 2.68. The molecule has 0 radical (unpaired) electrons. The van der Waals surface area contributed by atoms with Crippen molar-refractivity contribution in [3.05, 3.63) is 46.4 Å². The molecule has 7 heteroatoms. The quantitative estimate of drug-likeness (QED) is 0.693. The van der Waals surface area contributed by atoms with Gasteiger partial charge in [-0.15, -0.1) is 11.3 Å². The number of hydrogen-bond acceptors (Lipinski definition) is 4. The average Bonchev–Trinajstić information content (AvgIpc) is 3.15. The van der Waals surface area contributed by atoms with Crippen molar-refractivity contribution in [1.29, 1.82) is 0 Å². The minimum absolute atomic E-state index is 0.234. The van der Waals surface area contributed by atoms with E-state index in [0.717, 1.165) is 10.6 Å². The molecule has 2 aromatic heterocycles. The molecule has 1 atom stereocenters. The first-order valence-corrected chi connectivity index (χ1v) is 7.83. The minimum Gasteiger partial charge on any atom is -0.387 e. The molecule has 2 amide bonds. The molecule has 22 heavy (non-hydrogen) atoms. The molecule has 0 aliphatic rings.